The summed E-state index contributed by atoms with van der Waals surface area (Å²) in [5, 5.41) is 17.1. The van der Waals surface area contributed by atoms with Gasteiger partial charge in [0.05, 0.1) is 12.5 Å². The van der Waals surface area contributed by atoms with E-state index in [1.165, 1.54) is 0 Å². The summed E-state index contributed by atoms with van der Waals surface area (Å²) >= 11 is 0. The van der Waals surface area contributed by atoms with E-state index in [1.807, 2.05) is 23.9 Å². The molecule has 2 aromatic heterocycles. The zero-order valence-electron chi connectivity index (χ0n) is 17.2. The summed E-state index contributed by atoms with van der Waals surface area (Å²) in [7, 11) is 0. The highest BCUT2D eigenvalue weighted by Gasteiger charge is 2.26. The maximum atomic E-state index is 12.3. The van der Waals surface area contributed by atoms with Gasteiger partial charge >= 0.3 is 0 Å². The summed E-state index contributed by atoms with van der Waals surface area (Å²) in [5.41, 5.74) is 1.04. The topological polar surface area (TPSA) is 131 Å². The van der Waals surface area contributed by atoms with Gasteiger partial charge in [-0.2, -0.15) is 5.10 Å². The predicted molar refractivity (Wildman–Crippen MR) is 109 cm³/mol. The van der Waals surface area contributed by atoms with Gasteiger partial charge in [-0.15, -0.1) is 0 Å². The van der Waals surface area contributed by atoms with Crippen molar-refractivity contribution in [1.82, 2.24) is 30.0 Å². The molecule has 1 fully saturated rings. The minimum absolute atomic E-state index is 0.0227. The summed E-state index contributed by atoms with van der Waals surface area (Å²) in [6.45, 7) is 3.47. The molecule has 0 radical (unpaired) electrons. The Bertz CT molecular complexity index is 781. The normalized spacial score (nSPS) is 18.0. The van der Waals surface area contributed by atoms with Crippen LogP contribution in [0, 0.1) is 12.8 Å². The van der Waals surface area contributed by atoms with Crippen LogP contribution >= 0.6 is 0 Å². The van der Waals surface area contributed by atoms with Crippen molar-refractivity contribution >= 4 is 18.3 Å². The number of nitrogens with one attached hydrogen (secondary N) is 2. The molecule has 2 heterocycles. The molecule has 1 aliphatic rings. The zero-order chi connectivity index (χ0) is 21.8. The molecule has 30 heavy (non-hydrogen) atoms. The number of rotatable bonds is 8. The summed E-state index contributed by atoms with van der Waals surface area (Å²) < 4.78 is 3.65. The van der Waals surface area contributed by atoms with Crippen LogP contribution in [0.2, 0.25) is 0 Å². The lowest BCUT2D eigenvalue weighted by Gasteiger charge is -2.28. The van der Waals surface area contributed by atoms with Crippen LogP contribution in [0.1, 0.15) is 37.7 Å². The van der Waals surface area contributed by atoms with Gasteiger partial charge in [0.25, 0.3) is 6.47 Å². The van der Waals surface area contributed by atoms with Crippen molar-refractivity contribution in [2.24, 2.45) is 5.92 Å². The standard InChI is InChI=1S/C19H28N6O2.CH2O2/c1-15-11-22-25(12-15)13-18(26)23-17-5-3-16(4-6-17)19(27)21-7-2-9-24-10-8-20-14-24;2-1-3/h8,10-12,14,16-17H,2-7,9,13H2,1H3,(H,21,27)(H,23,26);1H,(H,2,3). The quantitative estimate of drug-likeness (QED) is 0.432. The Morgan fingerprint density at radius 2 is 2.03 bits per heavy atom. The van der Waals surface area contributed by atoms with Crippen molar-refractivity contribution in [2.45, 2.75) is 58.2 Å². The van der Waals surface area contributed by atoms with E-state index in [2.05, 4.69) is 20.7 Å². The molecule has 1 saturated carbocycles. The van der Waals surface area contributed by atoms with E-state index in [0.717, 1.165) is 44.2 Å². The predicted octanol–water partition coefficient (Wildman–Crippen LogP) is 0.970. The monoisotopic (exact) mass is 418 g/mol. The van der Waals surface area contributed by atoms with Crippen LogP contribution < -0.4 is 10.6 Å². The van der Waals surface area contributed by atoms with Crippen LogP contribution in [-0.2, 0) is 27.5 Å². The smallest absolute Gasteiger partial charge is 0.290 e. The maximum Gasteiger partial charge on any atom is 0.290 e. The molecule has 164 valence electrons. The second-order valence-electron chi connectivity index (χ2n) is 7.38. The largest absolute Gasteiger partial charge is 0.483 e. The molecule has 0 aliphatic heterocycles. The summed E-state index contributed by atoms with van der Waals surface area (Å²) in [5.74, 6) is 0.170. The number of amides is 2. The Morgan fingerprint density at radius 3 is 2.63 bits per heavy atom. The molecule has 0 unspecified atom stereocenters. The third kappa shape index (κ3) is 8.06. The molecule has 3 N–H and O–H groups in total. The molecule has 10 heteroatoms. The van der Waals surface area contributed by atoms with Crippen molar-refractivity contribution < 1.29 is 19.5 Å². The van der Waals surface area contributed by atoms with Crippen molar-refractivity contribution in [3.05, 3.63) is 36.7 Å². The van der Waals surface area contributed by atoms with Gasteiger partial charge < -0.3 is 20.3 Å². The fourth-order valence-corrected chi connectivity index (χ4v) is 3.51. The number of hydrogen-bond acceptors (Lipinski definition) is 5. The van der Waals surface area contributed by atoms with Crippen molar-refractivity contribution in [2.75, 3.05) is 6.54 Å². The minimum Gasteiger partial charge on any atom is -0.483 e. The van der Waals surface area contributed by atoms with E-state index in [1.54, 1.807) is 23.4 Å². The number of carbonyl (C=O) groups is 3. The van der Waals surface area contributed by atoms with Gasteiger partial charge in [-0.1, -0.05) is 0 Å². The second-order valence-corrected chi connectivity index (χ2v) is 7.38. The second kappa shape index (κ2) is 12.4. The molecule has 2 aromatic rings. The summed E-state index contributed by atoms with van der Waals surface area (Å²) in [6, 6.07) is 0.152. The number of nitrogens with zero attached hydrogens (tertiary/aromatic N) is 4. The first-order chi connectivity index (χ1) is 14.5. The number of carbonyl (C=O) groups excluding carboxylic acids is 2. The van der Waals surface area contributed by atoms with E-state index in [0.29, 0.717) is 6.54 Å². The molecule has 0 atom stereocenters. The lowest BCUT2D eigenvalue weighted by molar-refractivity contribution is -0.126. The van der Waals surface area contributed by atoms with E-state index in [9.17, 15) is 9.59 Å². The van der Waals surface area contributed by atoms with Crippen LogP contribution in [0.3, 0.4) is 0 Å². The van der Waals surface area contributed by atoms with Crippen LogP contribution in [-0.4, -0.2) is 55.3 Å². The first-order valence-corrected chi connectivity index (χ1v) is 10.1. The van der Waals surface area contributed by atoms with Gasteiger partial charge in [-0.3, -0.25) is 19.1 Å². The van der Waals surface area contributed by atoms with Gasteiger partial charge in [0, 0.05) is 43.6 Å². The zero-order valence-corrected chi connectivity index (χ0v) is 17.2. The molecule has 10 nitrogen and oxygen atoms in total. The molecule has 0 aromatic carbocycles. The van der Waals surface area contributed by atoms with Gasteiger partial charge in [-0.05, 0) is 44.6 Å². The lowest BCUT2D eigenvalue weighted by atomic mass is 9.85. The Hall–Kier alpha value is -3.17. The average Bonchev–Trinajstić information content (AvgIpc) is 3.38. The third-order valence-electron chi connectivity index (χ3n) is 4.98. The van der Waals surface area contributed by atoms with Gasteiger partial charge in [0.15, 0.2) is 0 Å². The molecule has 0 saturated heterocycles. The molecule has 3 rings (SSSR count). The van der Waals surface area contributed by atoms with Crippen LogP contribution in [0.25, 0.3) is 0 Å². The molecular weight excluding hydrogens is 388 g/mol. The first-order valence-electron chi connectivity index (χ1n) is 10.1. The van der Waals surface area contributed by atoms with Crippen LogP contribution in [0.5, 0.6) is 0 Å². The third-order valence-corrected chi connectivity index (χ3v) is 4.98. The highest BCUT2D eigenvalue weighted by atomic mass is 16.3. The lowest BCUT2D eigenvalue weighted by Crippen LogP contribution is -2.42. The Morgan fingerprint density at radius 1 is 1.30 bits per heavy atom. The Labute approximate surface area is 175 Å². The maximum absolute atomic E-state index is 12.3. The van der Waals surface area contributed by atoms with Crippen molar-refractivity contribution in [3.63, 3.8) is 0 Å². The minimum atomic E-state index is -0.250. The van der Waals surface area contributed by atoms with Gasteiger partial charge in [-0.25, -0.2) is 4.98 Å². The fraction of sp³-hybridized carbons (Fsp3) is 0.550. The molecule has 1 aliphatic carbocycles. The van der Waals surface area contributed by atoms with Crippen molar-refractivity contribution in [3.8, 4) is 0 Å². The highest BCUT2D eigenvalue weighted by Crippen LogP contribution is 2.24. The summed E-state index contributed by atoms with van der Waals surface area (Å²) in [4.78, 5) is 36.8. The highest BCUT2D eigenvalue weighted by molar-refractivity contribution is 5.79. The Kier molecular flexibility index (Phi) is 9.56. The van der Waals surface area contributed by atoms with Crippen molar-refractivity contribution in [1.29, 1.82) is 0 Å². The molecule has 0 bridgehead atoms. The number of aromatic nitrogens is 4. The number of aryl methyl sites for hydroxylation is 2. The van der Waals surface area contributed by atoms with Gasteiger partial charge in [0.2, 0.25) is 11.8 Å². The first kappa shape index (κ1) is 23.1. The van der Waals surface area contributed by atoms with E-state index in [-0.39, 0.29) is 36.8 Å². The molecule has 0 spiro atoms. The van der Waals surface area contributed by atoms with Crippen LogP contribution in [0.15, 0.2) is 31.1 Å². The Balaban J connectivity index is 0.00000101. The number of imidazole rings is 1. The number of carboxylic acid groups (broad SMARTS) is 1. The number of hydrogen-bond donors (Lipinski definition) is 3. The van der Waals surface area contributed by atoms with E-state index in [4.69, 9.17) is 9.90 Å². The molecule has 2 amide bonds. The average molecular weight is 418 g/mol. The van der Waals surface area contributed by atoms with Crippen LogP contribution in [0.4, 0.5) is 0 Å². The van der Waals surface area contributed by atoms with Gasteiger partial charge in [0.1, 0.15) is 6.54 Å². The van der Waals surface area contributed by atoms with E-state index < -0.39 is 0 Å². The summed E-state index contributed by atoms with van der Waals surface area (Å²) in [6.07, 6.45) is 13.3. The fourth-order valence-electron chi connectivity index (χ4n) is 3.51. The van der Waals surface area contributed by atoms with E-state index >= 15 is 0 Å². The molecular formula is C20H30N6O4. The SMILES string of the molecule is Cc1cnn(CC(=O)NC2CCC(C(=O)NCCCn3ccnc3)CC2)c1.O=CO.